The van der Waals surface area contributed by atoms with Gasteiger partial charge in [-0.2, -0.15) is 4.40 Å². The van der Waals surface area contributed by atoms with Crippen LogP contribution in [-0.4, -0.2) is 6.21 Å². The highest BCUT2D eigenvalue weighted by Gasteiger charge is 2.22. The number of rotatable bonds is 0. The average Bonchev–Trinajstić information content (AvgIpc) is 2.47. The van der Waals surface area contributed by atoms with Crippen LogP contribution in [0.1, 0.15) is 5.56 Å². The normalized spacial score (nSPS) is 22.6. The minimum atomic E-state index is -1.01. The zero-order chi connectivity index (χ0) is 7.68. The Bertz CT molecular complexity index is 353. The first-order valence-corrected chi connectivity index (χ1v) is 4.45. The Kier molecular flexibility index (Phi) is 1.37. The fraction of sp³-hybridized carbons (Fsp3) is 0. The van der Waals surface area contributed by atoms with Gasteiger partial charge in [0.2, 0.25) is 21.0 Å². The predicted molar refractivity (Wildman–Crippen MR) is 46.4 cm³/mol. The van der Waals surface area contributed by atoms with Crippen LogP contribution in [0.3, 0.4) is 0 Å². The third-order valence-electron chi connectivity index (χ3n) is 1.54. The maximum atomic E-state index is 8.55. The highest BCUT2D eigenvalue weighted by atomic mass is 32.2. The molecule has 0 aliphatic carbocycles. The molecule has 0 N–H and O–H groups in total. The number of hydrogen-bond donors (Lipinski definition) is 1. The molecule has 0 saturated carbocycles. The van der Waals surface area contributed by atoms with Crippen molar-refractivity contribution in [2.24, 2.45) is 4.40 Å². The summed E-state index contributed by atoms with van der Waals surface area (Å²) in [5.41, 5.74) is 1.07. The van der Waals surface area contributed by atoms with Gasteiger partial charge in [0.15, 0.2) is 0 Å². The van der Waals surface area contributed by atoms with Crippen molar-refractivity contribution >= 4 is 17.5 Å². The van der Waals surface area contributed by atoms with Gasteiger partial charge in [-0.3, -0.25) is 0 Å². The van der Waals surface area contributed by atoms with E-state index in [1.54, 1.807) is 6.21 Å². The van der Waals surface area contributed by atoms with Crippen molar-refractivity contribution < 1.29 is 0 Å². The Hall–Kier alpha value is -1.34. The second kappa shape index (κ2) is 2.36. The second-order valence-corrected chi connectivity index (χ2v) is 3.65. The van der Waals surface area contributed by atoms with Crippen molar-refractivity contribution in [3.63, 3.8) is 0 Å². The van der Waals surface area contributed by atoms with E-state index in [-0.39, 0.29) is 0 Å². The number of hydrogen-bond acceptors (Lipinski definition) is 2. The Labute approximate surface area is 67.0 Å². The zero-order valence-electron chi connectivity index (χ0n) is 5.68. The van der Waals surface area contributed by atoms with Gasteiger partial charge >= 0.3 is 0 Å². The Balaban J connectivity index is 2.56. The van der Waals surface area contributed by atoms with E-state index in [1.165, 1.54) is 0 Å². The summed E-state index contributed by atoms with van der Waals surface area (Å²) in [5, 5.41) is 8.55. The molecule has 0 saturated heterocycles. The van der Waals surface area contributed by atoms with Gasteiger partial charge in [-0.15, -0.1) is 0 Å². The Morgan fingerprint density at radius 2 is 2.18 bits per heavy atom. The largest absolute Gasteiger partial charge is 0.244 e. The van der Waals surface area contributed by atoms with Gasteiger partial charge in [0.1, 0.15) is 0 Å². The van der Waals surface area contributed by atoms with Crippen LogP contribution in [0.4, 0.5) is 0 Å². The standard InChI is InChI=1S/C7H6N3S/c8-10-11-7-4-2-1-3-6(7)5-9-11/h1-5,11H/q+1. The summed E-state index contributed by atoms with van der Waals surface area (Å²) >= 11 is -1.01. The number of fused-ring (bicyclic) bond motifs is 1. The second-order valence-electron chi connectivity index (χ2n) is 2.18. The monoisotopic (exact) mass is 164 g/mol. The van der Waals surface area contributed by atoms with E-state index in [0.717, 1.165) is 10.5 Å². The summed E-state index contributed by atoms with van der Waals surface area (Å²) in [7, 11) is 0. The number of benzene rings is 1. The summed E-state index contributed by atoms with van der Waals surface area (Å²) in [6.07, 6.45) is 1.75. The van der Waals surface area contributed by atoms with Crippen molar-refractivity contribution in [3.05, 3.63) is 34.2 Å². The van der Waals surface area contributed by atoms with Gasteiger partial charge in [0.25, 0.3) is 0 Å². The smallest absolute Gasteiger partial charge is 0.170 e. The maximum Gasteiger partial charge on any atom is 0.244 e. The molecule has 1 aromatic rings. The van der Waals surface area contributed by atoms with Gasteiger partial charge in [0.05, 0.1) is 4.90 Å². The van der Waals surface area contributed by atoms with E-state index in [4.69, 9.17) is 5.39 Å². The lowest BCUT2D eigenvalue weighted by Gasteiger charge is -1.91. The summed E-state index contributed by atoms with van der Waals surface area (Å²) in [4.78, 5) is 1.03. The molecule has 0 spiro atoms. The van der Waals surface area contributed by atoms with Gasteiger partial charge in [-0.05, 0) is 6.07 Å². The molecule has 1 aromatic carbocycles. The first-order valence-electron chi connectivity index (χ1n) is 3.20. The lowest BCUT2D eigenvalue weighted by molar-refractivity contribution is 1.44. The lowest BCUT2D eigenvalue weighted by atomic mass is 10.2. The minimum absolute atomic E-state index is 1.01. The van der Waals surface area contributed by atoms with Crippen LogP contribution >= 0.6 is 11.3 Å². The van der Waals surface area contributed by atoms with Crippen LogP contribution in [0.5, 0.6) is 0 Å². The molecule has 4 heteroatoms. The molecule has 0 radical (unpaired) electrons. The van der Waals surface area contributed by atoms with Crippen molar-refractivity contribution in [2.75, 3.05) is 0 Å². The van der Waals surface area contributed by atoms with Crippen molar-refractivity contribution in [1.82, 2.24) is 0 Å². The Morgan fingerprint density at radius 3 is 3.00 bits per heavy atom. The highest BCUT2D eigenvalue weighted by Crippen LogP contribution is 2.44. The van der Waals surface area contributed by atoms with Crippen molar-refractivity contribution in [1.29, 1.82) is 5.39 Å². The fourth-order valence-electron chi connectivity index (χ4n) is 1.03. The molecule has 0 fully saturated rings. The summed E-state index contributed by atoms with van der Waals surface area (Å²) in [6, 6.07) is 7.77. The number of nitrogens with zero attached hydrogens (tertiary/aromatic N) is 3. The van der Waals surface area contributed by atoms with Crippen molar-refractivity contribution in [2.45, 2.75) is 4.90 Å². The molecule has 0 aromatic heterocycles. The quantitative estimate of drug-likeness (QED) is 0.463. The zero-order valence-corrected chi connectivity index (χ0v) is 6.57. The van der Waals surface area contributed by atoms with Crippen LogP contribution < -0.4 is 0 Å². The molecular weight excluding hydrogens is 158 g/mol. The molecule has 1 atom stereocenters. The van der Waals surface area contributed by atoms with E-state index in [9.17, 15) is 0 Å². The number of diazo groups is 1. The van der Waals surface area contributed by atoms with Crippen LogP contribution in [0.2, 0.25) is 0 Å². The average molecular weight is 164 g/mol. The predicted octanol–water partition coefficient (Wildman–Crippen LogP) is 2.16. The molecular formula is C7H6N3S+. The van der Waals surface area contributed by atoms with Crippen LogP contribution in [0.25, 0.3) is 4.38 Å². The molecule has 2 rings (SSSR count). The first kappa shape index (κ1) is 6.38. The van der Waals surface area contributed by atoms with E-state index >= 15 is 0 Å². The first-order chi connectivity index (χ1) is 5.42. The molecule has 3 nitrogen and oxygen atoms in total. The third kappa shape index (κ3) is 0.900. The molecule has 0 bridgehead atoms. The molecule has 0 amide bonds. The molecule has 1 heterocycles. The summed E-state index contributed by atoms with van der Waals surface area (Å²) in [5.74, 6) is 0. The van der Waals surface area contributed by atoms with Gasteiger partial charge in [0, 0.05) is 11.8 Å². The minimum Gasteiger partial charge on any atom is -0.170 e. The van der Waals surface area contributed by atoms with Crippen LogP contribution in [-0.2, 0) is 0 Å². The summed E-state index contributed by atoms with van der Waals surface area (Å²) < 4.78 is 7.24. The van der Waals surface area contributed by atoms with Gasteiger partial charge in [-0.25, -0.2) is 0 Å². The molecule has 54 valence electrons. The maximum absolute atomic E-state index is 8.55. The highest BCUT2D eigenvalue weighted by molar-refractivity contribution is 8.18. The SMILES string of the molecule is N#[N+][SH]1N=Cc2ccccc21. The lowest BCUT2D eigenvalue weighted by Crippen LogP contribution is -1.76. The van der Waals surface area contributed by atoms with Crippen LogP contribution in [0.15, 0.2) is 33.6 Å². The van der Waals surface area contributed by atoms with Gasteiger partial charge < -0.3 is 0 Å². The van der Waals surface area contributed by atoms with E-state index in [0.29, 0.717) is 0 Å². The topological polar surface area (TPSA) is 40.5 Å². The Morgan fingerprint density at radius 1 is 1.36 bits per heavy atom. The van der Waals surface area contributed by atoms with Crippen LogP contribution in [0, 0.1) is 5.39 Å². The molecule has 11 heavy (non-hydrogen) atoms. The molecule has 1 aliphatic heterocycles. The molecule has 1 aliphatic rings. The fourth-order valence-corrected chi connectivity index (χ4v) is 2.11. The van der Waals surface area contributed by atoms with E-state index in [1.807, 2.05) is 24.3 Å². The van der Waals surface area contributed by atoms with E-state index in [2.05, 4.69) is 8.78 Å². The van der Waals surface area contributed by atoms with E-state index < -0.39 is 11.3 Å². The summed E-state index contributed by atoms with van der Waals surface area (Å²) in [6.45, 7) is 0. The third-order valence-corrected chi connectivity index (χ3v) is 2.89. The van der Waals surface area contributed by atoms with Crippen molar-refractivity contribution in [3.8, 4) is 0 Å². The molecule has 1 unspecified atom stereocenters. The van der Waals surface area contributed by atoms with Gasteiger partial charge in [-0.1, -0.05) is 18.2 Å². The number of thiol groups is 1.